The molecule has 2 aliphatic heterocycles. The Morgan fingerprint density at radius 1 is 1.24 bits per heavy atom. The summed E-state index contributed by atoms with van der Waals surface area (Å²) in [7, 11) is -3.17. The third-order valence-corrected chi connectivity index (χ3v) is 6.13. The van der Waals surface area contributed by atoms with Gasteiger partial charge in [-0.3, -0.25) is 0 Å². The third-order valence-electron chi connectivity index (χ3n) is 4.22. The van der Waals surface area contributed by atoms with Gasteiger partial charge in [-0.2, -0.15) is 0 Å². The Bertz CT molecular complexity index is 425. The summed E-state index contributed by atoms with van der Waals surface area (Å²) < 4.78 is 32.2. The molecule has 0 aliphatic carbocycles. The molecule has 5 nitrogen and oxygen atoms in total. The monoisotopic (exact) mass is 318 g/mol. The molecule has 2 saturated heterocycles. The number of hydrogen-bond donors (Lipinski definition) is 1. The van der Waals surface area contributed by atoms with E-state index in [-0.39, 0.29) is 17.4 Å². The van der Waals surface area contributed by atoms with Crippen LogP contribution < -0.4 is 5.32 Å². The van der Waals surface area contributed by atoms with Crippen molar-refractivity contribution in [3.05, 3.63) is 0 Å². The Morgan fingerprint density at radius 2 is 2.00 bits per heavy atom. The highest BCUT2D eigenvalue weighted by Gasteiger charge is 2.32. The lowest BCUT2D eigenvalue weighted by atomic mass is 9.98. The lowest BCUT2D eigenvalue weighted by Crippen LogP contribution is -2.47. The standard InChI is InChI=1S/C15H30N2O3S/c1-15(2,3)16-10-13-6-4-8-17(11-13)21(18,19)12-14-7-5-9-20-14/h13-14,16H,4-12H2,1-3H3. The molecule has 21 heavy (non-hydrogen) atoms. The number of rotatable bonds is 5. The van der Waals surface area contributed by atoms with Gasteiger partial charge < -0.3 is 10.1 Å². The van der Waals surface area contributed by atoms with Gasteiger partial charge in [-0.05, 0) is 58.9 Å². The first kappa shape index (κ1) is 17.2. The van der Waals surface area contributed by atoms with E-state index in [9.17, 15) is 8.42 Å². The summed E-state index contributed by atoms with van der Waals surface area (Å²) >= 11 is 0. The first-order valence-electron chi connectivity index (χ1n) is 8.11. The van der Waals surface area contributed by atoms with E-state index in [0.717, 1.165) is 32.2 Å². The fraction of sp³-hybridized carbons (Fsp3) is 1.00. The number of ether oxygens (including phenoxy) is 1. The molecule has 6 heteroatoms. The number of nitrogens with one attached hydrogen (secondary N) is 1. The average Bonchev–Trinajstić information content (AvgIpc) is 2.88. The second kappa shape index (κ2) is 6.94. The molecular formula is C15H30N2O3S. The summed E-state index contributed by atoms with van der Waals surface area (Å²) in [6.45, 7) is 9.33. The van der Waals surface area contributed by atoms with Crippen molar-refractivity contribution < 1.29 is 13.2 Å². The van der Waals surface area contributed by atoms with Crippen molar-refractivity contribution in [2.75, 3.05) is 32.0 Å². The molecule has 2 atom stereocenters. The lowest BCUT2D eigenvalue weighted by Gasteiger charge is -2.34. The highest BCUT2D eigenvalue weighted by Crippen LogP contribution is 2.22. The van der Waals surface area contributed by atoms with E-state index in [1.54, 1.807) is 4.31 Å². The largest absolute Gasteiger partial charge is 0.377 e. The highest BCUT2D eigenvalue weighted by molar-refractivity contribution is 7.89. The van der Waals surface area contributed by atoms with E-state index in [1.165, 1.54) is 0 Å². The van der Waals surface area contributed by atoms with Crippen molar-refractivity contribution in [2.24, 2.45) is 5.92 Å². The molecule has 1 N–H and O–H groups in total. The van der Waals surface area contributed by atoms with Gasteiger partial charge in [0.1, 0.15) is 0 Å². The summed E-state index contributed by atoms with van der Waals surface area (Å²) in [5.41, 5.74) is 0.0822. The van der Waals surface area contributed by atoms with Crippen LogP contribution in [-0.4, -0.2) is 56.4 Å². The van der Waals surface area contributed by atoms with Crippen molar-refractivity contribution >= 4 is 10.0 Å². The zero-order chi connectivity index (χ0) is 15.5. The molecule has 0 aromatic heterocycles. The quantitative estimate of drug-likeness (QED) is 0.836. The van der Waals surface area contributed by atoms with Gasteiger partial charge in [0, 0.05) is 25.2 Å². The van der Waals surface area contributed by atoms with E-state index < -0.39 is 10.0 Å². The summed E-state index contributed by atoms with van der Waals surface area (Å²) in [6.07, 6.45) is 3.83. The first-order valence-corrected chi connectivity index (χ1v) is 9.72. The van der Waals surface area contributed by atoms with Crippen molar-refractivity contribution in [3.8, 4) is 0 Å². The summed E-state index contributed by atoms with van der Waals surface area (Å²) in [5.74, 6) is 0.573. The van der Waals surface area contributed by atoms with Gasteiger partial charge in [-0.15, -0.1) is 0 Å². The minimum absolute atomic E-state index is 0.0822. The Hall–Kier alpha value is -0.170. The molecule has 0 amide bonds. The first-order chi connectivity index (χ1) is 9.76. The predicted molar refractivity (Wildman–Crippen MR) is 84.8 cm³/mol. The van der Waals surface area contributed by atoms with Crippen LogP contribution in [0, 0.1) is 5.92 Å². The van der Waals surface area contributed by atoms with E-state index in [2.05, 4.69) is 26.1 Å². The maximum absolute atomic E-state index is 12.5. The van der Waals surface area contributed by atoms with Gasteiger partial charge in [0.15, 0.2) is 0 Å². The minimum Gasteiger partial charge on any atom is -0.377 e. The van der Waals surface area contributed by atoms with Crippen LogP contribution >= 0.6 is 0 Å². The van der Waals surface area contributed by atoms with Gasteiger partial charge in [-0.25, -0.2) is 12.7 Å². The van der Waals surface area contributed by atoms with Crippen LogP contribution in [0.4, 0.5) is 0 Å². The molecular weight excluding hydrogens is 288 g/mol. The van der Waals surface area contributed by atoms with Gasteiger partial charge in [-0.1, -0.05) is 0 Å². The van der Waals surface area contributed by atoms with Crippen molar-refractivity contribution in [1.29, 1.82) is 0 Å². The van der Waals surface area contributed by atoms with Crippen LogP contribution in [0.3, 0.4) is 0 Å². The molecule has 2 unspecified atom stereocenters. The number of piperidine rings is 1. The zero-order valence-electron chi connectivity index (χ0n) is 13.6. The fourth-order valence-corrected chi connectivity index (χ4v) is 4.80. The van der Waals surface area contributed by atoms with E-state index in [4.69, 9.17) is 4.74 Å². The van der Waals surface area contributed by atoms with Crippen LogP contribution in [-0.2, 0) is 14.8 Å². The summed E-state index contributed by atoms with van der Waals surface area (Å²) in [4.78, 5) is 0. The molecule has 0 aromatic rings. The smallest absolute Gasteiger partial charge is 0.216 e. The van der Waals surface area contributed by atoms with Crippen LogP contribution in [0.5, 0.6) is 0 Å². The number of sulfonamides is 1. The highest BCUT2D eigenvalue weighted by atomic mass is 32.2. The fourth-order valence-electron chi connectivity index (χ4n) is 3.01. The maximum Gasteiger partial charge on any atom is 0.216 e. The van der Waals surface area contributed by atoms with Crippen LogP contribution in [0.1, 0.15) is 46.5 Å². The zero-order valence-corrected chi connectivity index (χ0v) is 14.4. The third kappa shape index (κ3) is 5.51. The second-order valence-corrected chi connectivity index (χ2v) is 9.42. The van der Waals surface area contributed by atoms with Crippen LogP contribution in [0.15, 0.2) is 0 Å². The molecule has 0 bridgehead atoms. The Balaban J connectivity index is 1.87. The van der Waals surface area contributed by atoms with Gasteiger partial charge in [0.05, 0.1) is 11.9 Å². The Labute approximate surface area is 129 Å². The summed E-state index contributed by atoms with van der Waals surface area (Å²) in [6, 6.07) is 0. The predicted octanol–water partition coefficient (Wildman–Crippen LogP) is 1.60. The average molecular weight is 318 g/mol. The topological polar surface area (TPSA) is 58.6 Å². The van der Waals surface area contributed by atoms with Gasteiger partial charge >= 0.3 is 0 Å². The second-order valence-electron chi connectivity index (χ2n) is 7.41. The normalized spacial score (nSPS) is 28.9. The molecule has 0 radical (unpaired) electrons. The minimum atomic E-state index is -3.17. The Kier molecular flexibility index (Phi) is 5.68. The molecule has 2 heterocycles. The van der Waals surface area contributed by atoms with Gasteiger partial charge in [0.25, 0.3) is 0 Å². The van der Waals surface area contributed by atoms with Crippen molar-refractivity contribution in [1.82, 2.24) is 9.62 Å². The van der Waals surface area contributed by atoms with Crippen molar-refractivity contribution in [3.63, 3.8) is 0 Å². The van der Waals surface area contributed by atoms with E-state index in [1.807, 2.05) is 0 Å². The molecule has 0 saturated carbocycles. The molecule has 0 aromatic carbocycles. The summed E-state index contributed by atoms with van der Waals surface area (Å²) in [5, 5.41) is 3.49. The maximum atomic E-state index is 12.5. The van der Waals surface area contributed by atoms with Crippen molar-refractivity contribution in [2.45, 2.75) is 58.1 Å². The van der Waals surface area contributed by atoms with Gasteiger partial charge in [0.2, 0.25) is 10.0 Å². The molecule has 2 aliphatic rings. The molecule has 2 fully saturated rings. The number of hydrogen-bond acceptors (Lipinski definition) is 4. The molecule has 0 spiro atoms. The lowest BCUT2D eigenvalue weighted by molar-refractivity contribution is 0.125. The SMILES string of the molecule is CC(C)(C)NCC1CCCN(S(=O)(=O)CC2CCCO2)C1. The van der Waals surface area contributed by atoms with Crippen LogP contribution in [0.2, 0.25) is 0 Å². The number of nitrogens with zero attached hydrogens (tertiary/aromatic N) is 1. The van der Waals surface area contributed by atoms with E-state index in [0.29, 0.717) is 25.6 Å². The molecule has 2 rings (SSSR count). The van der Waals surface area contributed by atoms with E-state index >= 15 is 0 Å². The van der Waals surface area contributed by atoms with Crippen LogP contribution in [0.25, 0.3) is 0 Å². The Morgan fingerprint density at radius 3 is 2.62 bits per heavy atom. The molecule has 124 valence electrons.